The smallest absolute Gasteiger partial charge is 0.281 e. The molecule has 0 aliphatic carbocycles. The molecule has 0 saturated carbocycles. The molecule has 4 rings (SSSR count). The lowest BCUT2D eigenvalue weighted by Crippen LogP contribution is -2.22. The maximum absolute atomic E-state index is 12.5. The summed E-state index contributed by atoms with van der Waals surface area (Å²) in [5.74, 6) is -0.640. The molecule has 0 saturated heterocycles. The molecule has 0 aliphatic heterocycles. The van der Waals surface area contributed by atoms with Gasteiger partial charge in [-0.1, -0.05) is 29.8 Å². The summed E-state index contributed by atoms with van der Waals surface area (Å²) in [6.45, 7) is 1.99. The summed E-state index contributed by atoms with van der Waals surface area (Å²) < 4.78 is 0. The van der Waals surface area contributed by atoms with Gasteiger partial charge >= 0.3 is 0 Å². The third-order valence-corrected chi connectivity index (χ3v) is 7.15. The first kappa shape index (κ1) is 23.6. The number of hydrogen-bond acceptors (Lipinski definition) is 7. The van der Waals surface area contributed by atoms with Crippen molar-refractivity contribution in [3.63, 3.8) is 0 Å². The lowest BCUT2D eigenvalue weighted by atomic mass is 10.1. The number of benzene rings is 1. The third-order valence-electron chi connectivity index (χ3n) is 4.80. The zero-order valence-corrected chi connectivity index (χ0v) is 20.3. The van der Waals surface area contributed by atoms with Gasteiger partial charge in [-0.25, -0.2) is 5.43 Å². The molecule has 0 aliphatic rings. The lowest BCUT2D eigenvalue weighted by Gasteiger charge is -2.03. The summed E-state index contributed by atoms with van der Waals surface area (Å²) in [6, 6.07) is 15.8. The van der Waals surface area contributed by atoms with Crippen molar-refractivity contribution < 1.29 is 14.7 Å². The van der Waals surface area contributed by atoms with E-state index >= 15 is 0 Å². The van der Waals surface area contributed by atoms with E-state index in [1.165, 1.54) is 11.3 Å². The number of aromatic nitrogens is 1. The van der Waals surface area contributed by atoms with E-state index < -0.39 is 5.91 Å². The monoisotopic (exact) mass is 510 g/mol. The van der Waals surface area contributed by atoms with Crippen LogP contribution in [-0.2, 0) is 6.54 Å². The van der Waals surface area contributed by atoms with Crippen molar-refractivity contribution in [3.8, 4) is 16.2 Å². The molecule has 7 nitrogen and oxygen atoms in total. The van der Waals surface area contributed by atoms with Crippen LogP contribution in [0.25, 0.3) is 10.4 Å². The van der Waals surface area contributed by atoms with E-state index in [0.717, 1.165) is 22.6 Å². The van der Waals surface area contributed by atoms with E-state index in [2.05, 4.69) is 20.8 Å². The Morgan fingerprint density at radius 3 is 2.50 bits per heavy atom. The predicted molar refractivity (Wildman–Crippen MR) is 136 cm³/mol. The largest absolute Gasteiger partial charge is 0.506 e. The van der Waals surface area contributed by atoms with Crippen molar-refractivity contribution >= 4 is 51.8 Å². The van der Waals surface area contributed by atoms with E-state index in [-0.39, 0.29) is 11.7 Å². The first-order chi connectivity index (χ1) is 16.4. The number of carbonyl (C=O) groups excluding carboxylic acids is 2. The average Bonchev–Trinajstić information content (AvgIpc) is 3.49. The van der Waals surface area contributed by atoms with Gasteiger partial charge in [-0.05, 0) is 48.9 Å². The van der Waals surface area contributed by atoms with Crippen LogP contribution < -0.4 is 10.7 Å². The summed E-state index contributed by atoms with van der Waals surface area (Å²) in [5, 5.41) is 19.9. The average molecular weight is 511 g/mol. The van der Waals surface area contributed by atoms with Crippen molar-refractivity contribution in [2.24, 2.45) is 5.10 Å². The minimum absolute atomic E-state index is 0.0887. The SMILES string of the molecule is C/C(=N\NC(=O)c1ccc(C(=O)NCc2ccccn2)s1)c1csc(-c2ccc(Cl)cc2)c1O. The summed E-state index contributed by atoms with van der Waals surface area (Å²) in [4.78, 5) is 30.5. The first-order valence-electron chi connectivity index (χ1n) is 10.1. The molecular formula is C24H19ClN4O3S2. The molecule has 3 aromatic heterocycles. The fourth-order valence-electron chi connectivity index (χ4n) is 3.01. The summed E-state index contributed by atoms with van der Waals surface area (Å²) >= 11 is 8.37. The van der Waals surface area contributed by atoms with Gasteiger partial charge in [0.2, 0.25) is 0 Å². The van der Waals surface area contributed by atoms with Gasteiger partial charge in [0.1, 0.15) is 5.75 Å². The predicted octanol–water partition coefficient (Wildman–Crippen LogP) is 5.31. The molecule has 34 heavy (non-hydrogen) atoms. The molecule has 3 N–H and O–H groups in total. The molecule has 3 heterocycles. The number of pyridine rings is 1. The van der Waals surface area contributed by atoms with Crippen LogP contribution in [0.15, 0.2) is 71.3 Å². The summed E-state index contributed by atoms with van der Waals surface area (Å²) in [7, 11) is 0. The van der Waals surface area contributed by atoms with Crippen LogP contribution in [0, 0.1) is 0 Å². The van der Waals surface area contributed by atoms with Crippen molar-refractivity contribution in [2.45, 2.75) is 13.5 Å². The molecular weight excluding hydrogens is 492 g/mol. The Balaban J connectivity index is 1.39. The highest BCUT2D eigenvalue weighted by molar-refractivity contribution is 7.16. The second-order valence-corrected chi connectivity index (χ2v) is 9.54. The van der Waals surface area contributed by atoms with Gasteiger partial charge in [-0.15, -0.1) is 22.7 Å². The number of amides is 2. The summed E-state index contributed by atoms with van der Waals surface area (Å²) in [6.07, 6.45) is 1.66. The number of thiophene rings is 2. The normalized spacial score (nSPS) is 11.3. The Bertz CT molecular complexity index is 1350. The fraction of sp³-hybridized carbons (Fsp3) is 0.0833. The third kappa shape index (κ3) is 5.51. The first-order valence-corrected chi connectivity index (χ1v) is 12.2. The van der Waals surface area contributed by atoms with Gasteiger partial charge in [-0.3, -0.25) is 14.6 Å². The van der Waals surface area contributed by atoms with Crippen LogP contribution in [0.1, 0.15) is 37.5 Å². The van der Waals surface area contributed by atoms with E-state index in [1.54, 1.807) is 48.8 Å². The Kier molecular flexibility index (Phi) is 7.36. The Morgan fingerprint density at radius 1 is 1.06 bits per heavy atom. The van der Waals surface area contributed by atoms with E-state index in [4.69, 9.17) is 11.6 Å². The number of halogens is 1. The quantitative estimate of drug-likeness (QED) is 0.231. The number of rotatable bonds is 7. The molecule has 4 aromatic rings. The molecule has 0 fully saturated rings. The van der Waals surface area contributed by atoms with Gasteiger partial charge < -0.3 is 10.4 Å². The molecule has 0 atom stereocenters. The van der Waals surface area contributed by atoms with Crippen LogP contribution in [-0.4, -0.2) is 27.6 Å². The Morgan fingerprint density at radius 2 is 1.79 bits per heavy atom. The topological polar surface area (TPSA) is 104 Å². The van der Waals surface area contributed by atoms with Crippen LogP contribution in [0.5, 0.6) is 5.75 Å². The van der Waals surface area contributed by atoms with Gasteiger partial charge in [-0.2, -0.15) is 5.10 Å². The number of aromatic hydroxyl groups is 1. The molecule has 0 bridgehead atoms. The Hall–Kier alpha value is -3.53. The van der Waals surface area contributed by atoms with Gasteiger partial charge in [0.05, 0.1) is 38.1 Å². The molecule has 0 radical (unpaired) electrons. The zero-order chi connectivity index (χ0) is 24.1. The molecule has 2 amide bonds. The highest BCUT2D eigenvalue weighted by atomic mass is 35.5. The molecule has 172 valence electrons. The second-order valence-electron chi connectivity index (χ2n) is 7.14. The van der Waals surface area contributed by atoms with E-state index in [1.807, 2.05) is 24.3 Å². The number of hydrogen-bond donors (Lipinski definition) is 3. The molecule has 0 spiro atoms. The number of nitrogens with zero attached hydrogens (tertiary/aromatic N) is 2. The van der Waals surface area contributed by atoms with Crippen LogP contribution in [0.3, 0.4) is 0 Å². The minimum Gasteiger partial charge on any atom is -0.506 e. The molecule has 10 heteroatoms. The minimum atomic E-state index is -0.444. The van der Waals surface area contributed by atoms with Crippen LogP contribution in [0.4, 0.5) is 0 Å². The van der Waals surface area contributed by atoms with E-state index in [9.17, 15) is 14.7 Å². The van der Waals surface area contributed by atoms with Crippen LogP contribution >= 0.6 is 34.3 Å². The van der Waals surface area contributed by atoms with Crippen molar-refractivity contribution in [1.29, 1.82) is 0 Å². The highest BCUT2D eigenvalue weighted by Crippen LogP contribution is 2.39. The number of hydrazone groups is 1. The molecule has 1 aromatic carbocycles. The van der Waals surface area contributed by atoms with E-state index in [0.29, 0.717) is 37.5 Å². The van der Waals surface area contributed by atoms with Crippen LogP contribution in [0.2, 0.25) is 5.02 Å². The number of carbonyl (C=O) groups is 2. The number of nitrogens with one attached hydrogen (secondary N) is 2. The fourth-order valence-corrected chi connectivity index (χ4v) is 4.96. The van der Waals surface area contributed by atoms with Crippen molar-refractivity contribution in [2.75, 3.05) is 0 Å². The van der Waals surface area contributed by atoms with Gasteiger partial charge in [0, 0.05) is 16.6 Å². The van der Waals surface area contributed by atoms with Crippen molar-refractivity contribution in [3.05, 3.63) is 92.2 Å². The molecule has 0 unspecified atom stereocenters. The van der Waals surface area contributed by atoms with Gasteiger partial charge in [0.25, 0.3) is 11.8 Å². The standard InChI is InChI=1S/C24H19ClN4O3S2/c1-14(18-13-33-22(21(18)30)15-5-7-16(25)8-6-15)28-29-24(32)20-10-9-19(34-20)23(31)27-12-17-4-2-3-11-26-17/h2-11,13,30H,12H2,1H3,(H,27,31)(H,29,32)/b28-14+. The maximum Gasteiger partial charge on any atom is 0.281 e. The zero-order valence-electron chi connectivity index (χ0n) is 17.9. The lowest BCUT2D eigenvalue weighted by molar-refractivity contribution is 0.0949. The second kappa shape index (κ2) is 10.6. The highest BCUT2D eigenvalue weighted by Gasteiger charge is 2.16. The van der Waals surface area contributed by atoms with Crippen molar-refractivity contribution in [1.82, 2.24) is 15.7 Å². The summed E-state index contributed by atoms with van der Waals surface area (Å²) in [5.41, 5.74) is 5.04. The maximum atomic E-state index is 12.5. The van der Waals surface area contributed by atoms with Gasteiger partial charge in [0.15, 0.2) is 0 Å². The Labute approximate surface area is 208 Å².